The lowest BCUT2D eigenvalue weighted by molar-refractivity contribution is -0.136. The molecule has 0 aromatic heterocycles. The smallest absolute Gasteiger partial charge is 0.264 e. The summed E-state index contributed by atoms with van der Waals surface area (Å²) in [4.78, 5) is 72.6. The van der Waals surface area contributed by atoms with Crippen molar-refractivity contribution < 1.29 is 43.0 Å². The summed E-state index contributed by atoms with van der Waals surface area (Å²) in [5, 5.41) is 10.7. The van der Waals surface area contributed by atoms with E-state index >= 15 is 0 Å². The Labute approximate surface area is 237 Å². The third-order valence-corrected chi connectivity index (χ3v) is 6.41. The van der Waals surface area contributed by atoms with Crippen LogP contribution in [0.25, 0.3) is 0 Å². The molecule has 1 aromatic rings. The minimum absolute atomic E-state index is 0.0551. The highest BCUT2D eigenvalue weighted by Crippen LogP contribution is 2.32. The van der Waals surface area contributed by atoms with Crippen LogP contribution < -0.4 is 21.3 Å². The number of nitrogens with one attached hydrogen (secondary N) is 4. The van der Waals surface area contributed by atoms with E-state index in [9.17, 15) is 28.8 Å². The van der Waals surface area contributed by atoms with Gasteiger partial charge in [-0.25, -0.2) is 0 Å². The predicted molar refractivity (Wildman–Crippen MR) is 145 cm³/mol. The van der Waals surface area contributed by atoms with E-state index in [2.05, 4.69) is 21.3 Å². The minimum Gasteiger partial charge on any atom is -0.384 e. The summed E-state index contributed by atoms with van der Waals surface area (Å²) < 4.78 is 15.8. The van der Waals surface area contributed by atoms with Crippen molar-refractivity contribution in [2.24, 2.45) is 0 Å². The number of carbonyl (C=O) groups excluding carboxylic acids is 6. The molecule has 4 N–H and O–H groups in total. The zero-order valence-corrected chi connectivity index (χ0v) is 22.9. The van der Waals surface area contributed by atoms with Gasteiger partial charge < -0.3 is 30.2 Å². The standard InChI is InChI=1S/C27H37N5O9/c33-18-28-11-12-39-13-14-40-15-16-41-17-23(35)30-10-3-1-2-9-29-20-6-4-5-19-24(20)27(38)32(26(19)37)21-7-8-22(34)31-25(21)36/h4-6,18,21,29H,1-3,7-17H2,(H,28,33)(H,30,35)(H,31,34,36). The highest BCUT2D eigenvalue weighted by molar-refractivity contribution is 6.25. The van der Waals surface area contributed by atoms with Crippen molar-refractivity contribution >= 4 is 41.6 Å². The van der Waals surface area contributed by atoms with Gasteiger partial charge in [-0.1, -0.05) is 6.07 Å². The largest absolute Gasteiger partial charge is 0.384 e. The normalized spacial score (nSPS) is 16.4. The van der Waals surface area contributed by atoms with Crippen molar-refractivity contribution in [3.05, 3.63) is 29.3 Å². The molecular weight excluding hydrogens is 538 g/mol. The average molecular weight is 576 g/mol. The van der Waals surface area contributed by atoms with Gasteiger partial charge in [0.2, 0.25) is 24.1 Å². The third kappa shape index (κ3) is 9.62. The molecule has 0 aliphatic carbocycles. The summed E-state index contributed by atoms with van der Waals surface area (Å²) in [6.07, 6.45) is 3.13. The Morgan fingerprint density at radius 1 is 0.927 bits per heavy atom. The Bertz CT molecular complexity index is 1100. The predicted octanol–water partition coefficient (Wildman–Crippen LogP) is -0.418. The van der Waals surface area contributed by atoms with E-state index in [0.29, 0.717) is 58.2 Å². The molecule has 1 saturated heterocycles. The van der Waals surface area contributed by atoms with Crippen LogP contribution in [0.1, 0.15) is 52.8 Å². The van der Waals surface area contributed by atoms with E-state index in [1.807, 2.05) is 0 Å². The van der Waals surface area contributed by atoms with Crippen LogP contribution in [-0.4, -0.2) is 106 Å². The number of benzene rings is 1. The van der Waals surface area contributed by atoms with Crippen molar-refractivity contribution in [2.45, 2.75) is 38.1 Å². The first-order valence-corrected chi connectivity index (χ1v) is 13.7. The second-order valence-corrected chi connectivity index (χ2v) is 9.36. The molecule has 3 rings (SSSR count). The first kappa shape index (κ1) is 31.6. The summed E-state index contributed by atoms with van der Waals surface area (Å²) in [5.74, 6) is -2.36. The highest BCUT2D eigenvalue weighted by atomic mass is 16.5. The zero-order valence-electron chi connectivity index (χ0n) is 22.9. The number of amides is 6. The van der Waals surface area contributed by atoms with Crippen molar-refractivity contribution in [2.75, 3.05) is 64.6 Å². The molecule has 1 atom stereocenters. The molecule has 2 heterocycles. The third-order valence-electron chi connectivity index (χ3n) is 6.41. The zero-order chi connectivity index (χ0) is 29.5. The van der Waals surface area contributed by atoms with Crippen LogP contribution in [-0.2, 0) is 33.4 Å². The lowest BCUT2D eigenvalue weighted by Crippen LogP contribution is -2.54. The number of nitrogens with zero attached hydrogens (tertiary/aromatic N) is 1. The van der Waals surface area contributed by atoms with E-state index in [1.165, 1.54) is 0 Å². The van der Waals surface area contributed by atoms with Crippen molar-refractivity contribution in [3.63, 3.8) is 0 Å². The van der Waals surface area contributed by atoms with E-state index in [0.717, 1.165) is 24.2 Å². The van der Waals surface area contributed by atoms with E-state index in [4.69, 9.17) is 14.2 Å². The fourth-order valence-corrected chi connectivity index (χ4v) is 4.39. The second kappa shape index (κ2) is 17.0. The number of imide groups is 2. The fourth-order valence-electron chi connectivity index (χ4n) is 4.39. The summed E-state index contributed by atoms with van der Waals surface area (Å²) in [7, 11) is 0. The molecule has 2 aliphatic heterocycles. The van der Waals surface area contributed by atoms with Gasteiger partial charge in [-0.05, 0) is 37.8 Å². The molecule has 224 valence electrons. The lowest BCUT2D eigenvalue weighted by Gasteiger charge is -2.27. The summed E-state index contributed by atoms with van der Waals surface area (Å²) in [6.45, 7) is 3.30. The van der Waals surface area contributed by atoms with Crippen LogP contribution in [0, 0.1) is 0 Å². The van der Waals surface area contributed by atoms with Gasteiger partial charge >= 0.3 is 0 Å². The average Bonchev–Trinajstić information content (AvgIpc) is 3.21. The van der Waals surface area contributed by atoms with E-state index < -0.39 is 29.7 Å². The number of piperidine rings is 1. The Kier molecular flexibility index (Phi) is 13.2. The molecule has 0 spiro atoms. The molecule has 14 nitrogen and oxygen atoms in total. The number of hydrogen-bond acceptors (Lipinski definition) is 10. The van der Waals surface area contributed by atoms with Gasteiger partial charge in [-0.3, -0.25) is 39.0 Å². The summed E-state index contributed by atoms with van der Waals surface area (Å²) >= 11 is 0. The van der Waals surface area contributed by atoms with Crippen LogP contribution >= 0.6 is 0 Å². The van der Waals surface area contributed by atoms with Gasteiger partial charge in [0, 0.05) is 31.7 Å². The number of ether oxygens (including phenoxy) is 3. The molecular formula is C27H37N5O9. The maximum Gasteiger partial charge on any atom is 0.264 e. The number of carbonyl (C=O) groups is 6. The molecule has 1 unspecified atom stereocenters. The lowest BCUT2D eigenvalue weighted by atomic mass is 10.0. The molecule has 2 aliphatic rings. The van der Waals surface area contributed by atoms with Crippen LogP contribution in [0.15, 0.2) is 18.2 Å². The van der Waals surface area contributed by atoms with Crippen LogP contribution in [0.4, 0.5) is 5.69 Å². The molecule has 0 bridgehead atoms. The number of hydrogen-bond donors (Lipinski definition) is 4. The van der Waals surface area contributed by atoms with Crippen molar-refractivity contribution in [1.29, 1.82) is 0 Å². The Balaban J connectivity index is 1.25. The Hall–Kier alpha value is -3.88. The molecule has 0 saturated carbocycles. The molecule has 0 radical (unpaired) electrons. The maximum atomic E-state index is 13.1. The molecule has 1 fully saturated rings. The van der Waals surface area contributed by atoms with Gasteiger partial charge in [0.05, 0.1) is 44.2 Å². The maximum absolute atomic E-state index is 13.1. The topological polar surface area (TPSA) is 181 Å². The molecule has 6 amide bonds. The van der Waals surface area contributed by atoms with Gasteiger partial charge in [0.25, 0.3) is 11.8 Å². The van der Waals surface area contributed by atoms with Crippen LogP contribution in [0.2, 0.25) is 0 Å². The van der Waals surface area contributed by atoms with E-state index in [1.54, 1.807) is 18.2 Å². The van der Waals surface area contributed by atoms with Crippen molar-refractivity contribution in [1.82, 2.24) is 20.9 Å². The number of fused-ring (bicyclic) bond motifs is 1. The monoisotopic (exact) mass is 575 g/mol. The van der Waals surface area contributed by atoms with Gasteiger partial charge in [0.15, 0.2) is 0 Å². The fraction of sp³-hybridized carbons (Fsp3) is 0.556. The van der Waals surface area contributed by atoms with Gasteiger partial charge in [0.1, 0.15) is 12.6 Å². The number of anilines is 1. The SMILES string of the molecule is O=CNCCOCCOCCOCC(=O)NCCCCCNc1cccc2c1C(=O)N(C1CCC(=O)NC1=O)C2=O. The van der Waals surface area contributed by atoms with E-state index in [-0.39, 0.29) is 43.1 Å². The summed E-state index contributed by atoms with van der Waals surface area (Å²) in [5.41, 5.74) is 0.983. The van der Waals surface area contributed by atoms with Crippen LogP contribution in [0.5, 0.6) is 0 Å². The highest BCUT2D eigenvalue weighted by Gasteiger charge is 2.45. The quantitative estimate of drug-likeness (QED) is 0.0906. The van der Waals surface area contributed by atoms with Crippen LogP contribution in [0.3, 0.4) is 0 Å². The number of unbranched alkanes of at least 4 members (excludes halogenated alkanes) is 2. The Morgan fingerprint density at radius 2 is 1.66 bits per heavy atom. The minimum atomic E-state index is -1.00. The number of rotatable bonds is 20. The molecule has 14 heteroatoms. The summed E-state index contributed by atoms with van der Waals surface area (Å²) in [6, 6.07) is 3.94. The van der Waals surface area contributed by atoms with Gasteiger partial charge in [-0.2, -0.15) is 0 Å². The Morgan fingerprint density at radius 3 is 2.41 bits per heavy atom. The molecule has 41 heavy (non-hydrogen) atoms. The second-order valence-electron chi connectivity index (χ2n) is 9.36. The molecule has 1 aromatic carbocycles. The first-order valence-electron chi connectivity index (χ1n) is 13.7. The van der Waals surface area contributed by atoms with Crippen molar-refractivity contribution in [3.8, 4) is 0 Å². The van der Waals surface area contributed by atoms with Gasteiger partial charge in [-0.15, -0.1) is 0 Å². The first-order chi connectivity index (χ1) is 19.9.